The molecular weight excluding hydrogens is 229 g/mol. The number of aryl methyl sites for hydroxylation is 1. The largest absolute Gasteiger partial charge is 0.382 e. The van der Waals surface area contributed by atoms with E-state index < -0.39 is 5.82 Å². The van der Waals surface area contributed by atoms with E-state index >= 15 is 0 Å². The number of aromatic nitrogens is 2. The Kier molecular flexibility index (Phi) is 2.83. The van der Waals surface area contributed by atoms with Crippen molar-refractivity contribution in [2.45, 2.75) is 13.3 Å². The van der Waals surface area contributed by atoms with Gasteiger partial charge in [-0.15, -0.1) is 0 Å². The van der Waals surface area contributed by atoms with E-state index in [0.717, 1.165) is 12.1 Å². The summed E-state index contributed by atoms with van der Waals surface area (Å²) in [6.45, 7) is 1.99. The Labute approximate surface area is 97.6 Å². The van der Waals surface area contributed by atoms with Gasteiger partial charge in [0.05, 0.1) is 10.7 Å². The van der Waals surface area contributed by atoms with Gasteiger partial charge in [-0.2, -0.15) is 5.10 Å². The summed E-state index contributed by atoms with van der Waals surface area (Å²) in [4.78, 5) is 0. The van der Waals surface area contributed by atoms with Crippen LogP contribution in [0.25, 0.3) is 5.69 Å². The van der Waals surface area contributed by atoms with E-state index in [1.807, 2.05) is 6.92 Å². The highest BCUT2D eigenvalue weighted by atomic mass is 35.5. The Bertz CT molecular complexity index is 522. The van der Waals surface area contributed by atoms with Crippen molar-refractivity contribution < 1.29 is 4.39 Å². The third-order valence-corrected chi connectivity index (χ3v) is 2.62. The number of hydrogen-bond donors (Lipinski definition) is 1. The van der Waals surface area contributed by atoms with Crippen molar-refractivity contribution >= 4 is 17.4 Å². The maximum Gasteiger partial charge on any atom is 0.146 e. The van der Waals surface area contributed by atoms with E-state index in [1.165, 1.54) is 12.1 Å². The maximum atomic E-state index is 13.3. The summed E-state index contributed by atoms with van der Waals surface area (Å²) in [5, 5.41) is 4.21. The lowest BCUT2D eigenvalue weighted by molar-refractivity contribution is 0.625. The number of halogens is 2. The Morgan fingerprint density at radius 3 is 2.81 bits per heavy atom. The standard InChI is InChI=1S/C11H11ClFN3/c1-2-7-6-11(14)15-16(7)8-3-4-9(12)10(13)5-8/h3-6H,2H2,1H3,(H2,14,15). The molecule has 0 amide bonds. The second-order valence-corrected chi connectivity index (χ2v) is 3.83. The molecule has 1 heterocycles. The minimum Gasteiger partial charge on any atom is -0.382 e. The van der Waals surface area contributed by atoms with Gasteiger partial charge in [0.25, 0.3) is 0 Å². The Hall–Kier alpha value is -1.55. The normalized spacial score (nSPS) is 10.7. The number of nitrogens with two attached hydrogens (primary N) is 1. The van der Waals surface area contributed by atoms with Crippen LogP contribution in [0.5, 0.6) is 0 Å². The maximum absolute atomic E-state index is 13.3. The fourth-order valence-electron chi connectivity index (χ4n) is 1.53. The monoisotopic (exact) mass is 239 g/mol. The Morgan fingerprint density at radius 2 is 2.19 bits per heavy atom. The van der Waals surface area contributed by atoms with E-state index in [0.29, 0.717) is 11.5 Å². The SMILES string of the molecule is CCc1cc(N)nn1-c1ccc(Cl)c(F)c1. The highest BCUT2D eigenvalue weighted by Crippen LogP contribution is 2.20. The van der Waals surface area contributed by atoms with Gasteiger partial charge in [-0.05, 0) is 18.6 Å². The van der Waals surface area contributed by atoms with E-state index in [-0.39, 0.29) is 5.02 Å². The summed E-state index contributed by atoms with van der Waals surface area (Å²) in [5.41, 5.74) is 7.16. The number of anilines is 1. The van der Waals surface area contributed by atoms with E-state index in [1.54, 1.807) is 16.8 Å². The number of hydrogen-bond acceptors (Lipinski definition) is 2. The first-order chi connectivity index (χ1) is 7.61. The predicted octanol–water partition coefficient (Wildman–Crippen LogP) is 2.81. The second kappa shape index (κ2) is 4.14. The predicted molar refractivity (Wildman–Crippen MR) is 62.3 cm³/mol. The average Bonchev–Trinajstić information content (AvgIpc) is 2.63. The number of nitrogens with zero attached hydrogens (tertiary/aromatic N) is 2. The molecule has 1 aromatic heterocycles. The molecule has 0 aliphatic rings. The molecule has 0 aliphatic carbocycles. The molecule has 1 aromatic carbocycles. The molecule has 2 rings (SSSR count). The number of nitrogen functional groups attached to an aromatic ring is 1. The second-order valence-electron chi connectivity index (χ2n) is 3.42. The van der Waals surface area contributed by atoms with Gasteiger partial charge in [-0.3, -0.25) is 0 Å². The van der Waals surface area contributed by atoms with Crippen molar-refractivity contribution in [3.63, 3.8) is 0 Å². The van der Waals surface area contributed by atoms with Crippen LogP contribution >= 0.6 is 11.6 Å². The molecule has 0 unspecified atom stereocenters. The molecule has 3 nitrogen and oxygen atoms in total. The molecule has 2 N–H and O–H groups in total. The van der Waals surface area contributed by atoms with Crippen LogP contribution < -0.4 is 5.73 Å². The minimum atomic E-state index is -0.463. The summed E-state index contributed by atoms with van der Waals surface area (Å²) >= 11 is 5.62. The molecule has 0 saturated carbocycles. The molecule has 5 heteroatoms. The van der Waals surface area contributed by atoms with Crippen LogP contribution in [-0.4, -0.2) is 9.78 Å². The summed E-state index contributed by atoms with van der Waals surface area (Å²) in [6.07, 6.45) is 0.772. The van der Waals surface area contributed by atoms with Crippen molar-refractivity contribution in [1.29, 1.82) is 0 Å². The molecule has 0 radical (unpaired) electrons. The fourth-order valence-corrected chi connectivity index (χ4v) is 1.65. The molecule has 0 aliphatic heterocycles. The summed E-state index contributed by atoms with van der Waals surface area (Å²) in [5.74, 6) is -0.0394. The van der Waals surface area contributed by atoms with Crippen LogP contribution in [-0.2, 0) is 6.42 Å². The molecule has 16 heavy (non-hydrogen) atoms. The van der Waals surface area contributed by atoms with Gasteiger partial charge < -0.3 is 5.73 Å². The molecule has 0 saturated heterocycles. The van der Waals surface area contributed by atoms with Crippen LogP contribution in [0.1, 0.15) is 12.6 Å². The lowest BCUT2D eigenvalue weighted by atomic mass is 10.3. The molecule has 84 valence electrons. The van der Waals surface area contributed by atoms with Gasteiger partial charge in [0, 0.05) is 17.8 Å². The average molecular weight is 240 g/mol. The third kappa shape index (κ3) is 1.88. The summed E-state index contributed by atoms with van der Waals surface area (Å²) < 4.78 is 14.9. The van der Waals surface area contributed by atoms with Crippen LogP contribution in [0.15, 0.2) is 24.3 Å². The highest BCUT2D eigenvalue weighted by molar-refractivity contribution is 6.30. The Morgan fingerprint density at radius 1 is 1.44 bits per heavy atom. The molecule has 0 fully saturated rings. The Balaban J connectivity index is 2.53. The van der Waals surface area contributed by atoms with Crippen molar-refractivity contribution in [2.24, 2.45) is 0 Å². The van der Waals surface area contributed by atoms with Crippen LogP contribution in [0.4, 0.5) is 10.2 Å². The van der Waals surface area contributed by atoms with E-state index in [9.17, 15) is 4.39 Å². The molecule has 0 spiro atoms. The molecule has 2 aromatic rings. The van der Waals surface area contributed by atoms with E-state index in [4.69, 9.17) is 17.3 Å². The third-order valence-electron chi connectivity index (χ3n) is 2.31. The van der Waals surface area contributed by atoms with Crippen molar-refractivity contribution in [2.75, 3.05) is 5.73 Å². The van der Waals surface area contributed by atoms with Crippen molar-refractivity contribution in [3.05, 3.63) is 40.8 Å². The smallest absolute Gasteiger partial charge is 0.146 e. The van der Waals surface area contributed by atoms with Gasteiger partial charge in [-0.1, -0.05) is 18.5 Å². The fraction of sp³-hybridized carbons (Fsp3) is 0.182. The van der Waals surface area contributed by atoms with Crippen molar-refractivity contribution in [3.8, 4) is 5.69 Å². The quantitative estimate of drug-likeness (QED) is 0.876. The van der Waals surface area contributed by atoms with Crippen molar-refractivity contribution in [1.82, 2.24) is 9.78 Å². The first kappa shape index (κ1) is 11.0. The van der Waals surface area contributed by atoms with Gasteiger partial charge in [0.2, 0.25) is 0 Å². The zero-order chi connectivity index (χ0) is 11.7. The lowest BCUT2D eigenvalue weighted by Gasteiger charge is -2.06. The lowest BCUT2D eigenvalue weighted by Crippen LogP contribution is -2.02. The number of benzene rings is 1. The summed E-state index contributed by atoms with van der Waals surface area (Å²) in [7, 11) is 0. The topological polar surface area (TPSA) is 43.8 Å². The highest BCUT2D eigenvalue weighted by Gasteiger charge is 2.08. The zero-order valence-electron chi connectivity index (χ0n) is 8.74. The number of rotatable bonds is 2. The summed E-state index contributed by atoms with van der Waals surface area (Å²) in [6, 6.07) is 6.32. The van der Waals surface area contributed by atoms with E-state index in [2.05, 4.69) is 5.10 Å². The zero-order valence-corrected chi connectivity index (χ0v) is 9.50. The van der Waals surface area contributed by atoms with Crippen LogP contribution in [0.2, 0.25) is 5.02 Å². The first-order valence-electron chi connectivity index (χ1n) is 4.91. The molecule has 0 bridgehead atoms. The minimum absolute atomic E-state index is 0.0990. The van der Waals surface area contributed by atoms with Gasteiger partial charge in [0.1, 0.15) is 11.6 Å². The van der Waals surface area contributed by atoms with Crippen LogP contribution in [0.3, 0.4) is 0 Å². The van der Waals surface area contributed by atoms with Gasteiger partial charge in [0.15, 0.2) is 0 Å². The first-order valence-corrected chi connectivity index (χ1v) is 5.29. The molecular formula is C11H11ClFN3. The molecule has 0 atom stereocenters. The van der Waals surface area contributed by atoms with Crippen LogP contribution in [0, 0.1) is 5.82 Å². The van der Waals surface area contributed by atoms with Gasteiger partial charge >= 0.3 is 0 Å². The van der Waals surface area contributed by atoms with Gasteiger partial charge in [-0.25, -0.2) is 9.07 Å².